The summed E-state index contributed by atoms with van der Waals surface area (Å²) in [5.74, 6) is 0. The SMILES string of the molecule is O=C1N(c2ccc(Cl)c(Cl)c2)CCCN1C(CN1CCCC1)c1ccccc1. The Kier molecular flexibility index (Phi) is 6.10. The molecule has 2 aromatic carbocycles. The van der Waals surface area contributed by atoms with E-state index in [0.29, 0.717) is 16.6 Å². The number of nitrogens with zero attached hydrogens (tertiary/aromatic N) is 3. The third-order valence-corrected chi connectivity index (χ3v) is 6.40. The fourth-order valence-electron chi connectivity index (χ4n) is 4.20. The van der Waals surface area contributed by atoms with Crippen LogP contribution in [0, 0.1) is 0 Å². The van der Waals surface area contributed by atoms with E-state index in [-0.39, 0.29) is 12.1 Å². The number of carbonyl (C=O) groups is 1. The van der Waals surface area contributed by atoms with Gasteiger partial charge >= 0.3 is 6.03 Å². The third-order valence-electron chi connectivity index (χ3n) is 5.66. The van der Waals surface area contributed by atoms with E-state index in [1.54, 1.807) is 12.1 Å². The van der Waals surface area contributed by atoms with Gasteiger partial charge < -0.3 is 9.80 Å². The van der Waals surface area contributed by atoms with Crippen molar-refractivity contribution in [3.63, 3.8) is 0 Å². The fourth-order valence-corrected chi connectivity index (χ4v) is 4.49. The summed E-state index contributed by atoms with van der Waals surface area (Å²) in [6.07, 6.45) is 3.41. The largest absolute Gasteiger partial charge is 0.325 e. The second kappa shape index (κ2) is 8.73. The molecule has 1 unspecified atom stereocenters. The van der Waals surface area contributed by atoms with Crippen LogP contribution in [0.4, 0.5) is 10.5 Å². The second-order valence-electron chi connectivity index (χ2n) is 7.51. The number of carbonyl (C=O) groups excluding carboxylic acids is 1. The minimum atomic E-state index is 0.0395. The maximum absolute atomic E-state index is 13.5. The maximum atomic E-state index is 13.5. The molecule has 2 aromatic rings. The van der Waals surface area contributed by atoms with E-state index in [9.17, 15) is 4.79 Å². The second-order valence-corrected chi connectivity index (χ2v) is 8.33. The quantitative estimate of drug-likeness (QED) is 0.645. The molecule has 28 heavy (non-hydrogen) atoms. The van der Waals surface area contributed by atoms with E-state index < -0.39 is 0 Å². The lowest BCUT2D eigenvalue weighted by Crippen LogP contribution is -2.52. The topological polar surface area (TPSA) is 26.8 Å². The predicted molar refractivity (Wildman–Crippen MR) is 115 cm³/mol. The molecule has 2 saturated heterocycles. The van der Waals surface area contributed by atoms with Crippen LogP contribution in [-0.4, -0.2) is 48.6 Å². The van der Waals surface area contributed by atoms with Crippen molar-refractivity contribution in [2.75, 3.05) is 37.6 Å². The van der Waals surface area contributed by atoms with E-state index in [0.717, 1.165) is 38.3 Å². The summed E-state index contributed by atoms with van der Waals surface area (Å²) in [4.78, 5) is 19.8. The molecule has 0 aromatic heterocycles. The van der Waals surface area contributed by atoms with Crippen LogP contribution >= 0.6 is 23.2 Å². The summed E-state index contributed by atoms with van der Waals surface area (Å²) in [5.41, 5.74) is 2.00. The Balaban J connectivity index is 1.61. The molecule has 2 heterocycles. The first-order valence-corrected chi connectivity index (χ1v) is 10.7. The van der Waals surface area contributed by atoms with E-state index in [1.165, 1.54) is 18.4 Å². The number of rotatable bonds is 5. The molecule has 1 atom stereocenters. The molecule has 0 saturated carbocycles. The number of anilines is 1. The van der Waals surface area contributed by atoms with E-state index in [4.69, 9.17) is 23.2 Å². The summed E-state index contributed by atoms with van der Waals surface area (Å²) in [6, 6.07) is 15.9. The zero-order valence-corrected chi connectivity index (χ0v) is 17.4. The Morgan fingerprint density at radius 1 is 0.857 bits per heavy atom. The molecule has 2 aliphatic heterocycles. The number of amides is 2. The average Bonchev–Trinajstić information content (AvgIpc) is 3.23. The molecule has 2 fully saturated rings. The van der Waals surface area contributed by atoms with E-state index in [1.807, 2.05) is 21.9 Å². The Bertz CT molecular complexity index is 824. The number of hydrogen-bond donors (Lipinski definition) is 0. The highest BCUT2D eigenvalue weighted by Gasteiger charge is 2.34. The molecule has 6 heteroatoms. The van der Waals surface area contributed by atoms with Crippen molar-refractivity contribution in [2.24, 2.45) is 0 Å². The molecular formula is C22H25Cl2N3O. The number of likely N-dealkylation sites (tertiary alicyclic amines) is 1. The van der Waals surface area contributed by atoms with E-state index in [2.05, 4.69) is 29.2 Å². The number of hydrogen-bond acceptors (Lipinski definition) is 2. The standard InChI is InChI=1S/C22H25Cl2N3O/c23-19-10-9-18(15-20(19)24)26-13-6-14-27(22(26)28)21(16-25-11-4-5-12-25)17-7-2-1-3-8-17/h1-3,7-10,15,21H,4-6,11-14,16H2. The highest BCUT2D eigenvalue weighted by Crippen LogP contribution is 2.32. The first-order valence-electron chi connectivity index (χ1n) is 9.94. The fraction of sp³-hybridized carbons (Fsp3) is 0.409. The first kappa shape index (κ1) is 19.6. The van der Waals surface area contributed by atoms with Crippen LogP contribution < -0.4 is 4.90 Å². The van der Waals surface area contributed by atoms with Gasteiger partial charge in [-0.15, -0.1) is 0 Å². The van der Waals surface area contributed by atoms with Crippen molar-refractivity contribution in [3.05, 3.63) is 64.1 Å². The molecule has 0 bridgehead atoms. The monoisotopic (exact) mass is 417 g/mol. The first-order chi connectivity index (χ1) is 13.6. The van der Waals surface area contributed by atoms with E-state index >= 15 is 0 Å². The minimum absolute atomic E-state index is 0.0395. The van der Waals surface area contributed by atoms with Crippen molar-refractivity contribution >= 4 is 34.9 Å². The number of urea groups is 1. The molecule has 0 spiro atoms. The highest BCUT2D eigenvalue weighted by molar-refractivity contribution is 6.42. The Morgan fingerprint density at radius 3 is 2.32 bits per heavy atom. The molecule has 2 amide bonds. The van der Waals surface area contributed by atoms with Crippen molar-refractivity contribution < 1.29 is 4.79 Å². The highest BCUT2D eigenvalue weighted by atomic mass is 35.5. The summed E-state index contributed by atoms with van der Waals surface area (Å²) >= 11 is 12.3. The average molecular weight is 418 g/mol. The van der Waals surface area contributed by atoms with Gasteiger partial charge in [-0.1, -0.05) is 53.5 Å². The molecule has 148 valence electrons. The van der Waals surface area contributed by atoms with Gasteiger partial charge in [0, 0.05) is 25.3 Å². The van der Waals surface area contributed by atoms with Crippen LogP contribution in [0.1, 0.15) is 30.9 Å². The zero-order chi connectivity index (χ0) is 19.5. The molecule has 0 aliphatic carbocycles. The lowest BCUT2D eigenvalue weighted by molar-refractivity contribution is 0.148. The summed E-state index contributed by atoms with van der Waals surface area (Å²) in [5, 5.41) is 0.976. The van der Waals surface area contributed by atoms with Crippen LogP contribution in [0.5, 0.6) is 0 Å². The maximum Gasteiger partial charge on any atom is 0.325 e. The zero-order valence-electron chi connectivity index (χ0n) is 15.9. The van der Waals surface area contributed by atoms with Crippen LogP contribution in [0.2, 0.25) is 10.0 Å². The Morgan fingerprint density at radius 2 is 1.61 bits per heavy atom. The van der Waals surface area contributed by atoms with Crippen molar-refractivity contribution in [1.29, 1.82) is 0 Å². The van der Waals surface area contributed by atoms with Gasteiger partial charge in [0.25, 0.3) is 0 Å². The van der Waals surface area contributed by atoms with Gasteiger partial charge in [0.15, 0.2) is 0 Å². The van der Waals surface area contributed by atoms with Crippen LogP contribution in [-0.2, 0) is 0 Å². The van der Waals surface area contributed by atoms with Gasteiger partial charge in [-0.25, -0.2) is 4.79 Å². The molecular weight excluding hydrogens is 393 g/mol. The van der Waals surface area contributed by atoms with Gasteiger partial charge in [-0.3, -0.25) is 4.90 Å². The van der Waals surface area contributed by atoms with Crippen molar-refractivity contribution in [3.8, 4) is 0 Å². The summed E-state index contributed by atoms with van der Waals surface area (Å²) < 4.78 is 0. The van der Waals surface area contributed by atoms with Gasteiger partial charge in [0.2, 0.25) is 0 Å². The normalized spacial score (nSPS) is 19.3. The number of halogens is 2. The van der Waals surface area contributed by atoms with Crippen LogP contribution in [0.25, 0.3) is 0 Å². The minimum Gasteiger partial charge on any atom is -0.316 e. The predicted octanol–water partition coefficient (Wildman–Crippen LogP) is 5.46. The Labute approximate surface area is 176 Å². The summed E-state index contributed by atoms with van der Waals surface area (Å²) in [7, 11) is 0. The number of benzene rings is 2. The molecule has 2 aliphatic rings. The van der Waals surface area contributed by atoms with Gasteiger partial charge in [0.05, 0.1) is 16.1 Å². The lowest BCUT2D eigenvalue weighted by Gasteiger charge is -2.41. The third kappa shape index (κ3) is 4.14. The molecule has 4 nitrogen and oxygen atoms in total. The van der Waals surface area contributed by atoms with Crippen molar-refractivity contribution in [1.82, 2.24) is 9.80 Å². The molecule has 0 N–H and O–H groups in total. The van der Waals surface area contributed by atoms with Gasteiger partial charge in [0.1, 0.15) is 0 Å². The van der Waals surface area contributed by atoms with Crippen molar-refractivity contribution in [2.45, 2.75) is 25.3 Å². The van der Waals surface area contributed by atoms with Crippen LogP contribution in [0.15, 0.2) is 48.5 Å². The Hall–Kier alpha value is -1.75. The lowest BCUT2D eigenvalue weighted by atomic mass is 10.0. The van der Waals surface area contributed by atoms with Crippen LogP contribution in [0.3, 0.4) is 0 Å². The molecule has 4 rings (SSSR count). The van der Waals surface area contributed by atoms with Gasteiger partial charge in [-0.2, -0.15) is 0 Å². The molecule has 0 radical (unpaired) electrons. The smallest absolute Gasteiger partial charge is 0.316 e. The van der Waals surface area contributed by atoms with Gasteiger partial charge in [-0.05, 0) is 56.1 Å². The summed E-state index contributed by atoms with van der Waals surface area (Å²) in [6.45, 7) is 4.57.